The molecule has 0 radical (unpaired) electrons. The number of carbonyl (C=O) groups excluding carboxylic acids is 1. The molecule has 0 atom stereocenters. The summed E-state index contributed by atoms with van der Waals surface area (Å²) >= 11 is 0. The van der Waals surface area contributed by atoms with E-state index in [0.717, 1.165) is 11.1 Å². The average Bonchev–Trinajstić information content (AvgIpc) is 2.68. The second kappa shape index (κ2) is 7.89. The lowest BCUT2D eigenvalue weighted by Gasteiger charge is -2.33. The van der Waals surface area contributed by atoms with Gasteiger partial charge < -0.3 is 10.0 Å². The lowest BCUT2D eigenvalue weighted by Crippen LogP contribution is -2.50. The van der Waals surface area contributed by atoms with Crippen molar-refractivity contribution in [2.24, 2.45) is 0 Å². The van der Waals surface area contributed by atoms with E-state index in [9.17, 15) is 18.0 Å². The number of sulfonamides is 1. The number of nitrogens with zero attached hydrogens (tertiary/aromatic N) is 2. The minimum atomic E-state index is -3.65. The van der Waals surface area contributed by atoms with Gasteiger partial charge in [-0.3, -0.25) is 9.59 Å². The van der Waals surface area contributed by atoms with Crippen LogP contribution in [-0.4, -0.2) is 60.8 Å². The monoisotopic (exact) mass is 388 g/mol. The van der Waals surface area contributed by atoms with E-state index in [1.807, 2.05) is 30.3 Å². The molecular formula is C19H20N2O5S. The summed E-state index contributed by atoms with van der Waals surface area (Å²) in [5.41, 5.74) is 1.94. The van der Waals surface area contributed by atoms with E-state index < -0.39 is 28.3 Å². The number of carboxylic acids is 1. The topological polar surface area (TPSA) is 95.0 Å². The number of piperazine rings is 1. The standard InChI is InChI=1S/C19H20N2O5S/c22-18(14-19(23)24)20-10-12-21(13-11-20)27(25,26)17-8-6-16(7-9-17)15-4-2-1-3-5-15/h1-9H,10-14H2,(H,23,24). The van der Waals surface area contributed by atoms with E-state index >= 15 is 0 Å². The molecule has 27 heavy (non-hydrogen) atoms. The molecule has 142 valence electrons. The Balaban J connectivity index is 1.68. The average molecular weight is 388 g/mol. The van der Waals surface area contributed by atoms with Crippen LogP contribution >= 0.6 is 0 Å². The Morgan fingerprint density at radius 3 is 1.96 bits per heavy atom. The molecule has 0 aromatic heterocycles. The maximum absolute atomic E-state index is 12.8. The summed E-state index contributed by atoms with van der Waals surface area (Å²) in [4.78, 5) is 24.0. The minimum Gasteiger partial charge on any atom is -0.481 e. The van der Waals surface area contributed by atoms with Gasteiger partial charge in [0.1, 0.15) is 6.42 Å². The largest absolute Gasteiger partial charge is 0.481 e. The number of carboxylic acid groups (broad SMARTS) is 1. The van der Waals surface area contributed by atoms with Crippen LogP contribution in [0.4, 0.5) is 0 Å². The van der Waals surface area contributed by atoms with Crippen LogP contribution in [-0.2, 0) is 19.6 Å². The first kappa shape index (κ1) is 19.1. The van der Waals surface area contributed by atoms with Crippen LogP contribution in [0.1, 0.15) is 6.42 Å². The summed E-state index contributed by atoms with van der Waals surface area (Å²) in [5.74, 6) is -1.68. The van der Waals surface area contributed by atoms with Crippen LogP contribution in [0.2, 0.25) is 0 Å². The molecule has 1 aliphatic rings. The van der Waals surface area contributed by atoms with Gasteiger partial charge in [-0.15, -0.1) is 0 Å². The molecule has 1 fully saturated rings. The molecular weight excluding hydrogens is 368 g/mol. The molecule has 3 rings (SSSR count). The summed E-state index contributed by atoms with van der Waals surface area (Å²) in [6.07, 6.45) is -0.576. The van der Waals surface area contributed by atoms with Crippen LogP contribution in [0, 0.1) is 0 Å². The number of hydrogen-bond acceptors (Lipinski definition) is 4. The van der Waals surface area contributed by atoms with Gasteiger partial charge in [-0.25, -0.2) is 8.42 Å². The maximum Gasteiger partial charge on any atom is 0.312 e. The predicted molar refractivity (Wildman–Crippen MR) is 99.5 cm³/mol. The van der Waals surface area contributed by atoms with Crippen molar-refractivity contribution < 1.29 is 23.1 Å². The molecule has 0 aliphatic carbocycles. The number of carbonyl (C=O) groups is 2. The Bertz CT molecular complexity index is 918. The number of hydrogen-bond donors (Lipinski definition) is 1. The number of amides is 1. The third-order valence-electron chi connectivity index (χ3n) is 4.49. The summed E-state index contributed by atoms with van der Waals surface area (Å²) in [7, 11) is -3.65. The molecule has 0 saturated carbocycles. The zero-order chi connectivity index (χ0) is 19.4. The van der Waals surface area contributed by atoms with Gasteiger partial charge in [-0.1, -0.05) is 42.5 Å². The quantitative estimate of drug-likeness (QED) is 0.786. The fourth-order valence-electron chi connectivity index (χ4n) is 3.02. The molecule has 1 heterocycles. The van der Waals surface area contributed by atoms with Crippen LogP contribution < -0.4 is 0 Å². The lowest BCUT2D eigenvalue weighted by atomic mass is 10.1. The smallest absolute Gasteiger partial charge is 0.312 e. The van der Waals surface area contributed by atoms with Crippen LogP contribution in [0.25, 0.3) is 11.1 Å². The van der Waals surface area contributed by atoms with Crippen molar-refractivity contribution in [2.45, 2.75) is 11.3 Å². The third kappa shape index (κ3) is 4.35. The molecule has 0 bridgehead atoms. The van der Waals surface area contributed by atoms with Crippen molar-refractivity contribution in [2.75, 3.05) is 26.2 Å². The Kier molecular flexibility index (Phi) is 5.57. The highest BCUT2D eigenvalue weighted by molar-refractivity contribution is 7.89. The van der Waals surface area contributed by atoms with Crippen molar-refractivity contribution in [3.05, 3.63) is 54.6 Å². The molecule has 1 saturated heterocycles. The summed E-state index contributed by atoms with van der Waals surface area (Å²) in [6.45, 7) is 0.670. The summed E-state index contributed by atoms with van der Waals surface area (Å²) in [6, 6.07) is 16.4. The fourth-order valence-corrected chi connectivity index (χ4v) is 4.44. The van der Waals surface area contributed by atoms with Crippen molar-refractivity contribution in [3.8, 4) is 11.1 Å². The van der Waals surface area contributed by atoms with Crippen molar-refractivity contribution in [1.29, 1.82) is 0 Å². The van der Waals surface area contributed by atoms with Crippen LogP contribution in [0.3, 0.4) is 0 Å². The first-order valence-corrected chi connectivity index (χ1v) is 9.97. The van der Waals surface area contributed by atoms with Gasteiger partial charge in [-0.05, 0) is 23.3 Å². The molecule has 8 heteroatoms. The Morgan fingerprint density at radius 1 is 0.852 bits per heavy atom. The van der Waals surface area contributed by atoms with E-state index in [1.165, 1.54) is 9.21 Å². The van der Waals surface area contributed by atoms with Gasteiger partial charge in [0.05, 0.1) is 4.90 Å². The van der Waals surface area contributed by atoms with Gasteiger partial charge in [0.15, 0.2) is 0 Å². The van der Waals surface area contributed by atoms with Gasteiger partial charge >= 0.3 is 5.97 Å². The highest BCUT2D eigenvalue weighted by Gasteiger charge is 2.30. The van der Waals surface area contributed by atoms with Crippen LogP contribution in [0.5, 0.6) is 0 Å². The van der Waals surface area contributed by atoms with E-state index in [-0.39, 0.29) is 31.1 Å². The zero-order valence-electron chi connectivity index (χ0n) is 14.6. The first-order chi connectivity index (χ1) is 12.9. The number of benzene rings is 2. The first-order valence-electron chi connectivity index (χ1n) is 8.53. The number of rotatable bonds is 5. The van der Waals surface area contributed by atoms with Gasteiger partial charge in [0, 0.05) is 26.2 Å². The van der Waals surface area contributed by atoms with Gasteiger partial charge in [0.2, 0.25) is 15.9 Å². The number of aliphatic carboxylic acids is 1. The summed E-state index contributed by atoms with van der Waals surface area (Å²) < 4.78 is 27.0. The molecule has 7 nitrogen and oxygen atoms in total. The third-order valence-corrected chi connectivity index (χ3v) is 6.41. The van der Waals surface area contributed by atoms with E-state index in [2.05, 4.69) is 0 Å². The van der Waals surface area contributed by atoms with Crippen molar-refractivity contribution in [1.82, 2.24) is 9.21 Å². The van der Waals surface area contributed by atoms with E-state index in [0.29, 0.717) is 0 Å². The predicted octanol–water partition coefficient (Wildman–Crippen LogP) is 1.66. The minimum absolute atomic E-state index is 0.147. The van der Waals surface area contributed by atoms with E-state index in [4.69, 9.17) is 5.11 Å². The highest BCUT2D eigenvalue weighted by Crippen LogP contribution is 2.23. The Hall–Kier alpha value is -2.71. The van der Waals surface area contributed by atoms with Crippen molar-refractivity contribution in [3.63, 3.8) is 0 Å². The Labute approximate surface area is 157 Å². The van der Waals surface area contributed by atoms with Gasteiger partial charge in [0.25, 0.3) is 0 Å². The molecule has 0 unspecified atom stereocenters. The van der Waals surface area contributed by atoms with Crippen LogP contribution in [0.15, 0.2) is 59.5 Å². The lowest BCUT2D eigenvalue weighted by molar-refractivity contribution is -0.144. The molecule has 2 aromatic rings. The van der Waals surface area contributed by atoms with Crippen molar-refractivity contribution >= 4 is 21.9 Å². The Morgan fingerprint density at radius 2 is 1.41 bits per heavy atom. The SMILES string of the molecule is O=C(O)CC(=O)N1CCN(S(=O)(=O)c2ccc(-c3ccccc3)cc2)CC1. The second-order valence-corrected chi connectivity index (χ2v) is 8.18. The molecule has 2 aromatic carbocycles. The molecule has 0 spiro atoms. The van der Waals surface area contributed by atoms with Gasteiger partial charge in [-0.2, -0.15) is 4.31 Å². The van der Waals surface area contributed by atoms with E-state index in [1.54, 1.807) is 24.3 Å². The fraction of sp³-hybridized carbons (Fsp3) is 0.263. The summed E-state index contributed by atoms with van der Waals surface area (Å²) in [5, 5.41) is 8.70. The normalized spacial score (nSPS) is 15.5. The highest BCUT2D eigenvalue weighted by atomic mass is 32.2. The molecule has 1 aliphatic heterocycles. The second-order valence-electron chi connectivity index (χ2n) is 6.25. The maximum atomic E-state index is 12.8. The molecule has 1 amide bonds. The molecule has 1 N–H and O–H groups in total. The zero-order valence-corrected chi connectivity index (χ0v) is 15.4.